The SMILES string of the molecule is CNc1ccc2cc(S(=O)(=O)NC(C)COC)ccc2n1. The highest BCUT2D eigenvalue weighted by Gasteiger charge is 2.17. The molecule has 0 saturated carbocycles. The molecule has 0 aliphatic carbocycles. The monoisotopic (exact) mass is 309 g/mol. The molecule has 0 radical (unpaired) electrons. The average Bonchev–Trinajstić information content (AvgIpc) is 2.45. The van der Waals surface area contributed by atoms with Gasteiger partial charge < -0.3 is 10.1 Å². The molecule has 2 aromatic rings. The smallest absolute Gasteiger partial charge is 0.240 e. The molecule has 0 spiro atoms. The molecule has 0 fully saturated rings. The molecule has 0 aliphatic rings. The van der Waals surface area contributed by atoms with E-state index in [1.165, 1.54) is 7.11 Å². The number of rotatable bonds is 6. The topological polar surface area (TPSA) is 80.3 Å². The first-order valence-corrected chi connectivity index (χ1v) is 8.04. The van der Waals surface area contributed by atoms with E-state index in [1.54, 1.807) is 38.2 Å². The fraction of sp³-hybridized carbons (Fsp3) is 0.357. The lowest BCUT2D eigenvalue weighted by Crippen LogP contribution is -2.35. The molecule has 21 heavy (non-hydrogen) atoms. The van der Waals surface area contributed by atoms with E-state index in [1.807, 2.05) is 6.07 Å². The van der Waals surface area contributed by atoms with E-state index in [0.717, 1.165) is 16.7 Å². The molecule has 0 saturated heterocycles. The van der Waals surface area contributed by atoms with E-state index in [2.05, 4.69) is 15.0 Å². The Morgan fingerprint density at radius 2 is 2.05 bits per heavy atom. The maximum atomic E-state index is 12.3. The number of nitrogens with one attached hydrogen (secondary N) is 2. The molecule has 1 heterocycles. The van der Waals surface area contributed by atoms with Crippen LogP contribution in [0.4, 0.5) is 5.82 Å². The van der Waals surface area contributed by atoms with E-state index in [0.29, 0.717) is 6.61 Å². The van der Waals surface area contributed by atoms with Crippen molar-refractivity contribution in [2.75, 3.05) is 26.1 Å². The minimum atomic E-state index is -3.56. The van der Waals surface area contributed by atoms with E-state index >= 15 is 0 Å². The summed E-state index contributed by atoms with van der Waals surface area (Å²) in [6.07, 6.45) is 0. The summed E-state index contributed by atoms with van der Waals surface area (Å²) in [6.45, 7) is 2.07. The van der Waals surface area contributed by atoms with Crippen LogP contribution < -0.4 is 10.0 Å². The van der Waals surface area contributed by atoms with Gasteiger partial charge in [0.2, 0.25) is 10.0 Å². The lowest BCUT2D eigenvalue weighted by atomic mass is 10.2. The fourth-order valence-electron chi connectivity index (χ4n) is 2.03. The molecule has 114 valence electrons. The highest BCUT2D eigenvalue weighted by Crippen LogP contribution is 2.19. The number of methoxy groups -OCH3 is 1. The Morgan fingerprint density at radius 1 is 1.29 bits per heavy atom. The Balaban J connectivity index is 2.34. The number of nitrogens with zero attached hydrogens (tertiary/aromatic N) is 1. The highest BCUT2D eigenvalue weighted by molar-refractivity contribution is 7.89. The summed E-state index contributed by atoms with van der Waals surface area (Å²) >= 11 is 0. The quantitative estimate of drug-likeness (QED) is 0.847. The van der Waals surface area contributed by atoms with Crippen LogP contribution in [-0.4, -0.2) is 40.2 Å². The van der Waals surface area contributed by atoms with Crippen LogP contribution in [0.3, 0.4) is 0 Å². The molecule has 1 atom stereocenters. The second-order valence-corrected chi connectivity index (χ2v) is 6.49. The second-order valence-electron chi connectivity index (χ2n) is 4.78. The molecule has 1 aromatic carbocycles. The van der Waals surface area contributed by atoms with E-state index in [4.69, 9.17) is 4.74 Å². The van der Waals surface area contributed by atoms with E-state index < -0.39 is 10.0 Å². The van der Waals surface area contributed by atoms with Gasteiger partial charge >= 0.3 is 0 Å². The third-order valence-electron chi connectivity index (χ3n) is 3.00. The van der Waals surface area contributed by atoms with Gasteiger partial charge in [-0.05, 0) is 37.3 Å². The van der Waals surface area contributed by atoms with Crippen molar-refractivity contribution < 1.29 is 13.2 Å². The number of hydrogen-bond donors (Lipinski definition) is 2. The molecule has 1 unspecified atom stereocenters. The van der Waals surface area contributed by atoms with E-state index in [9.17, 15) is 8.42 Å². The number of pyridine rings is 1. The van der Waals surface area contributed by atoms with Crippen LogP contribution in [0.25, 0.3) is 10.9 Å². The molecular formula is C14H19N3O3S. The summed E-state index contributed by atoms with van der Waals surface area (Å²) in [7, 11) is -0.243. The molecule has 6 nitrogen and oxygen atoms in total. The van der Waals surface area contributed by atoms with Crippen molar-refractivity contribution in [3.8, 4) is 0 Å². The summed E-state index contributed by atoms with van der Waals surface area (Å²) in [4.78, 5) is 4.58. The number of aromatic nitrogens is 1. The Hall–Kier alpha value is -1.70. The zero-order valence-corrected chi connectivity index (χ0v) is 13.1. The van der Waals surface area contributed by atoms with Gasteiger partial charge in [0.05, 0.1) is 17.0 Å². The van der Waals surface area contributed by atoms with Crippen molar-refractivity contribution in [3.63, 3.8) is 0 Å². The van der Waals surface area contributed by atoms with Crippen LogP contribution in [0, 0.1) is 0 Å². The van der Waals surface area contributed by atoms with Gasteiger partial charge in [-0.3, -0.25) is 0 Å². The number of hydrogen-bond acceptors (Lipinski definition) is 5. The lowest BCUT2D eigenvalue weighted by molar-refractivity contribution is 0.180. The van der Waals surface area contributed by atoms with Gasteiger partial charge in [-0.25, -0.2) is 18.1 Å². The fourth-order valence-corrected chi connectivity index (χ4v) is 3.29. The third kappa shape index (κ3) is 3.69. The minimum absolute atomic E-state index is 0.219. The lowest BCUT2D eigenvalue weighted by Gasteiger charge is -2.13. The van der Waals surface area contributed by atoms with Crippen molar-refractivity contribution in [2.24, 2.45) is 0 Å². The summed E-state index contributed by atoms with van der Waals surface area (Å²) in [6, 6.07) is 8.22. The van der Waals surface area contributed by atoms with Crippen LogP contribution in [0.2, 0.25) is 0 Å². The van der Waals surface area contributed by atoms with Crippen LogP contribution in [-0.2, 0) is 14.8 Å². The first-order chi connectivity index (χ1) is 9.96. The second kappa shape index (κ2) is 6.38. The van der Waals surface area contributed by atoms with Gasteiger partial charge in [0.25, 0.3) is 0 Å². The number of benzene rings is 1. The van der Waals surface area contributed by atoms with Crippen molar-refractivity contribution in [3.05, 3.63) is 30.3 Å². The first-order valence-electron chi connectivity index (χ1n) is 6.56. The zero-order valence-electron chi connectivity index (χ0n) is 12.3. The molecule has 1 aromatic heterocycles. The van der Waals surface area contributed by atoms with Gasteiger partial charge in [-0.15, -0.1) is 0 Å². The van der Waals surface area contributed by atoms with Gasteiger partial charge in [0, 0.05) is 25.6 Å². The molecule has 2 N–H and O–H groups in total. The number of fused-ring (bicyclic) bond motifs is 1. The average molecular weight is 309 g/mol. The predicted octanol–water partition coefficient (Wildman–Crippen LogP) is 1.59. The Labute approximate surface area is 124 Å². The van der Waals surface area contributed by atoms with Crippen LogP contribution in [0.15, 0.2) is 35.2 Å². The molecule has 0 amide bonds. The predicted molar refractivity (Wildman–Crippen MR) is 82.9 cm³/mol. The van der Waals surface area contributed by atoms with Crippen LogP contribution in [0.1, 0.15) is 6.92 Å². The Kier molecular flexibility index (Phi) is 4.76. The van der Waals surface area contributed by atoms with Gasteiger partial charge in [0.15, 0.2) is 0 Å². The Morgan fingerprint density at radius 3 is 2.71 bits per heavy atom. The summed E-state index contributed by atoms with van der Waals surface area (Å²) < 4.78 is 32.1. The summed E-state index contributed by atoms with van der Waals surface area (Å²) in [5, 5.41) is 3.72. The zero-order chi connectivity index (χ0) is 15.5. The van der Waals surface area contributed by atoms with Gasteiger partial charge in [0.1, 0.15) is 5.82 Å². The summed E-state index contributed by atoms with van der Waals surface area (Å²) in [5.41, 5.74) is 0.741. The number of ether oxygens (including phenoxy) is 1. The largest absolute Gasteiger partial charge is 0.383 e. The third-order valence-corrected chi connectivity index (χ3v) is 4.59. The number of anilines is 1. The van der Waals surface area contributed by atoms with Crippen LogP contribution >= 0.6 is 0 Å². The molecular weight excluding hydrogens is 290 g/mol. The molecule has 7 heteroatoms. The minimum Gasteiger partial charge on any atom is -0.383 e. The maximum Gasteiger partial charge on any atom is 0.240 e. The van der Waals surface area contributed by atoms with Crippen LogP contribution in [0.5, 0.6) is 0 Å². The van der Waals surface area contributed by atoms with Crippen molar-refractivity contribution in [1.82, 2.24) is 9.71 Å². The van der Waals surface area contributed by atoms with Crippen molar-refractivity contribution >= 4 is 26.7 Å². The highest BCUT2D eigenvalue weighted by atomic mass is 32.2. The maximum absolute atomic E-state index is 12.3. The van der Waals surface area contributed by atoms with Crippen molar-refractivity contribution in [2.45, 2.75) is 17.9 Å². The van der Waals surface area contributed by atoms with E-state index in [-0.39, 0.29) is 10.9 Å². The van der Waals surface area contributed by atoms with Gasteiger partial charge in [-0.2, -0.15) is 0 Å². The standard InChI is InChI=1S/C14H19N3O3S/c1-10(9-20-3)17-21(18,19)12-5-6-13-11(8-12)4-7-14(15-2)16-13/h4-8,10,17H,9H2,1-3H3,(H,15,16). The Bertz CT molecular complexity index is 731. The number of sulfonamides is 1. The van der Waals surface area contributed by atoms with Gasteiger partial charge in [-0.1, -0.05) is 0 Å². The first kappa shape index (κ1) is 15.7. The normalized spacial score (nSPS) is 13.3. The summed E-state index contributed by atoms with van der Waals surface area (Å²) in [5.74, 6) is 0.741. The molecule has 2 rings (SSSR count). The molecule has 0 bridgehead atoms. The molecule has 0 aliphatic heterocycles. The van der Waals surface area contributed by atoms with Crippen molar-refractivity contribution in [1.29, 1.82) is 0 Å².